The molecule has 98 valence electrons. The van der Waals surface area contributed by atoms with Gasteiger partial charge < -0.3 is 14.4 Å². The third-order valence-corrected chi connectivity index (χ3v) is 2.45. The van der Waals surface area contributed by atoms with E-state index in [1.165, 1.54) is 14.2 Å². The van der Waals surface area contributed by atoms with E-state index in [4.69, 9.17) is 20.0 Å². The van der Waals surface area contributed by atoms with Crippen LogP contribution in [0.4, 0.5) is 0 Å². The van der Waals surface area contributed by atoms with Gasteiger partial charge in [0.2, 0.25) is 0 Å². The molecule has 0 bridgehead atoms. The number of amides is 1. The van der Waals surface area contributed by atoms with Crippen molar-refractivity contribution in [3.05, 3.63) is 23.8 Å². The summed E-state index contributed by atoms with van der Waals surface area (Å²) in [6.07, 6.45) is 0. The number of nitriles is 2. The molecule has 0 radical (unpaired) electrons. The van der Waals surface area contributed by atoms with Gasteiger partial charge in [-0.2, -0.15) is 10.5 Å². The minimum absolute atomic E-state index is 0.173. The maximum Gasteiger partial charge on any atom is 0.263 e. The highest BCUT2D eigenvalue weighted by molar-refractivity contribution is 6.00. The second-order valence-electron chi connectivity index (χ2n) is 3.51. The van der Waals surface area contributed by atoms with Crippen molar-refractivity contribution in [3.63, 3.8) is 0 Å². The fraction of sp³-hybridized carbons (Fsp3) is 0.308. The number of carbonyl (C=O) groups is 1. The van der Waals surface area contributed by atoms with Gasteiger partial charge in [-0.3, -0.25) is 4.79 Å². The number of nitrogens with zero attached hydrogens (tertiary/aromatic N) is 3. The fourth-order valence-electron chi connectivity index (χ4n) is 1.59. The smallest absolute Gasteiger partial charge is 0.263 e. The SMILES string of the molecule is COc1cccc(OC)c1C(=O)N(CC#N)CC#N. The number of methoxy groups -OCH3 is 2. The van der Waals surface area contributed by atoms with Gasteiger partial charge in [0.15, 0.2) is 0 Å². The van der Waals surface area contributed by atoms with E-state index in [0.717, 1.165) is 4.90 Å². The first-order valence-corrected chi connectivity index (χ1v) is 5.43. The van der Waals surface area contributed by atoms with Crippen LogP contribution < -0.4 is 9.47 Å². The molecule has 1 rings (SSSR count). The largest absolute Gasteiger partial charge is 0.496 e. The normalized spacial score (nSPS) is 9.05. The number of carbonyl (C=O) groups excluding carboxylic acids is 1. The zero-order chi connectivity index (χ0) is 14.3. The van der Waals surface area contributed by atoms with Crippen molar-refractivity contribution in [2.45, 2.75) is 0 Å². The van der Waals surface area contributed by atoms with E-state index in [-0.39, 0.29) is 18.7 Å². The summed E-state index contributed by atoms with van der Waals surface area (Å²) in [7, 11) is 2.87. The maximum atomic E-state index is 12.3. The lowest BCUT2D eigenvalue weighted by Gasteiger charge is -2.19. The zero-order valence-electron chi connectivity index (χ0n) is 10.7. The lowest BCUT2D eigenvalue weighted by Crippen LogP contribution is -2.32. The summed E-state index contributed by atoms with van der Waals surface area (Å²) >= 11 is 0. The Hall–Kier alpha value is -2.73. The molecule has 0 saturated carbocycles. The second-order valence-corrected chi connectivity index (χ2v) is 3.51. The third-order valence-electron chi connectivity index (χ3n) is 2.45. The molecule has 0 saturated heterocycles. The standard InChI is InChI=1S/C13H13N3O3/c1-18-10-4-3-5-11(19-2)12(10)13(17)16(8-6-14)9-7-15/h3-5H,8-9H2,1-2H3. The van der Waals surface area contributed by atoms with E-state index in [1.54, 1.807) is 18.2 Å². The highest BCUT2D eigenvalue weighted by Gasteiger charge is 2.23. The minimum atomic E-state index is -0.475. The van der Waals surface area contributed by atoms with Crippen LogP contribution >= 0.6 is 0 Å². The Bertz CT molecular complexity index is 505. The first kappa shape index (κ1) is 14.3. The van der Waals surface area contributed by atoms with Crippen molar-refractivity contribution >= 4 is 5.91 Å². The summed E-state index contributed by atoms with van der Waals surface area (Å²) in [6.45, 7) is -0.346. The fourth-order valence-corrected chi connectivity index (χ4v) is 1.59. The Balaban J connectivity index is 3.24. The molecule has 1 aromatic carbocycles. The maximum absolute atomic E-state index is 12.3. The molecule has 0 aliphatic carbocycles. The first-order chi connectivity index (χ1) is 9.19. The molecule has 0 atom stereocenters. The first-order valence-electron chi connectivity index (χ1n) is 5.43. The number of hydrogen-bond donors (Lipinski definition) is 0. The van der Waals surface area contributed by atoms with Crippen LogP contribution in [0.15, 0.2) is 18.2 Å². The van der Waals surface area contributed by atoms with Gasteiger partial charge in [0, 0.05) is 0 Å². The minimum Gasteiger partial charge on any atom is -0.496 e. The van der Waals surface area contributed by atoms with Crippen LogP contribution in [0.1, 0.15) is 10.4 Å². The number of ether oxygens (including phenoxy) is 2. The molecular weight excluding hydrogens is 246 g/mol. The van der Waals surface area contributed by atoms with E-state index >= 15 is 0 Å². The van der Waals surface area contributed by atoms with Crippen molar-refractivity contribution in [3.8, 4) is 23.6 Å². The number of benzene rings is 1. The van der Waals surface area contributed by atoms with E-state index in [1.807, 2.05) is 12.1 Å². The van der Waals surface area contributed by atoms with Crippen molar-refractivity contribution in [1.29, 1.82) is 10.5 Å². The molecule has 6 nitrogen and oxygen atoms in total. The summed E-state index contributed by atoms with van der Waals surface area (Å²) in [5.74, 6) is 0.202. The molecule has 0 aliphatic rings. The van der Waals surface area contributed by atoms with Gasteiger partial charge in [0.1, 0.15) is 30.2 Å². The Labute approximate surface area is 111 Å². The quantitative estimate of drug-likeness (QED) is 0.741. The van der Waals surface area contributed by atoms with Crippen molar-refractivity contribution < 1.29 is 14.3 Å². The van der Waals surface area contributed by atoms with Crippen LogP contribution in [-0.2, 0) is 0 Å². The van der Waals surface area contributed by atoms with Gasteiger partial charge in [-0.15, -0.1) is 0 Å². The summed E-state index contributed by atoms with van der Waals surface area (Å²) in [4.78, 5) is 13.5. The topological polar surface area (TPSA) is 86.3 Å². The Morgan fingerprint density at radius 3 is 2.00 bits per heavy atom. The summed E-state index contributed by atoms with van der Waals surface area (Å²) in [5, 5.41) is 17.4. The molecule has 0 heterocycles. The number of rotatable bonds is 5. The number of hydrogen-bond acceptors (Lipinski definition) is 5. The highest BCUT2D eigenvalue weighted by atomic mass is 16.5. The van der Waals surface area contributed by atoms with Gasteiger partial charge in [0.05, 0.1) is 26.4 Å². The lowest BCUT2D eigenvalue weighted by molar-refractivity contribution is 0.0788. The molecular formula is C13H13N3O3. The van der Waals surface area contributed by atoms with Crippen molar-refractivity contribution in [1.82, 2.24) is 4.90 Å². The monoisotopic (exact) mass is 259 g/mol. The van der Waals surface area contributed by atoms with Crippen LogP contribution in [0.25, 0.3) is 0 Å². The predicted octanol–water partition coefficient (Wildman–Crippen LogP) is 1.19. The van der Waals surface area contributed by atoms with Gasteiger partial charge in [0.25, 0.3) is 5.91 Å². The summed E-state index contributed by atoms with van der Waals surface area (Å²) in [5.41, 5.74) is 0.206. The molecule has 19 heavy (non-hydrogen) atoms. The van der Waals surface area contributed by atoms with Gasteiger partial charge in [-0.25, -0.2) is 0 Å². The molecule has 0 N–H and O–H groups in total. The molecule has 0 aromatic heterocycles. The van der Waals surface area contributed by atoms with Crippen LogP contribution in [-0.4, -0.2) is 38.1 Å². The van der Waals surface area contributed by atoms with Crippen LogP contribution in [0.3, 0.4) is 0 Å². The molecule has 6 heteroatoms. The third kappa shape index (κ3) is 3.14. The van der Waals surface area contributed by atoms with Crippen LogP contribution in [0.2, 0.25) is 0 Å². The zero-order valence-corrected chi connectivity index (χ0v) is 10.7. The summed E-state index contributed by atoms with van der Waals surface area (Å²) in [6, 6.07) is 8.62. The van der Waals surface area contributed by atoms with E-state index in [0.29, 0.717) is 11.5 Å². The molecule has 0 fully saturated rings. The average molecular weight is 259 g/mol. The molecule has 0 aliphatic heterocycles. The van der Waals surface area contributed by atoms with Crippen molar-refractivity contribution in [2.24, 2.45) is 0 Å². The van der Waals surface area contributed by atoms with Gasteiger partial charge in [-0.05, 0) is 12.1 Å². The van der Waals surface area contributed by atoms with Gasteiger partial charge >= 0.3 is 0 Å². The van der Waals surface area contributed by atoms with E-state index < -0.39 is 5.91 Å². The highest BCUT2D eigenvalue weighted by Crippen LogP contribution is 2.29. The van der Waals surface area contributed by atoms with Gasteiger partial charge in [-0.1, -0.05) is 6.07 Å². The average Bonchev–Trinajstić information content (AvgIpc) is 2.45. The van der Waals surface area contributed by atoms with Crippen molar-refractivity contribution in [2.75, 3.05) is 27.3 Å². The molecule has 0 unspecified atom stereocenters. The Morgan fingerprint density at radius 1 is 1.16 bits per heavy atom. The second kappa shape index (κ2) is 6.87. The van der Waals surface area contributed by atoms with E-state index in [9.17, 15) is 4.79 Å². The lowest BCUT2D eigenvalue weighted by atomic mass is 10.1. The molecule has 1 amide bonds. The Kier molecular flexibility index (Phi) is 5.18. The van der Waals surface area contributed by atoms with Crippen LogP contribution in [0.5, 0.6) is 11.5 Å². The Morgan fingerprint density at radius 2 is 1.63 bits per heavy atom. The molecule has 1 aromatic rings. The van der Waals surface area contributed by atoms with Crippen LogP contribution in [0, 0.1) is 22.7 Å². The summed E-state index contributed by atoms with van der Waals surface area (Å²) < 4.78 is 10.2. The predicted molar refractivity (Wildman–Crippen MR) is 66.7 cm³/mol. The van der Waals surface area contributed by atoms with E-state index in [2.05, 4.69) is 0 Å². The molecule has 0 spiro atoms.